The van der Waals surface area contributed by atoms with E-state index in [0.717, 1.165) is 32.1 Å². The van der Waals surface area contributed by atoms with E-state index in [1.807, 2.05) is 6.92 Å². The van der Waals surface area contributed by atoms with Crippen LogP contribution in [0.3, 0.4) is 0 Å². The molecule has 0 N–H and O–H groups in total. The maximum atomic E-state index is 11.9. The number of Topliss-reactive ketones (excluding diaryl/α,β-unsaturated/α-hetero) is 3. The minimum absolute atomic E-state index is 0.00188. The molecule has 0 saturated carbocycles. The predicted octanol–water partition coefficient (Wildman–Crippen LogP) is 4.65. The zero-order chi connectivity index (χ0) is 37.9. The van der Waals surface area contributed by atoms with Crippen molar-refractivity contribution in [3.05, 3.63) is 0 Å². The van der Waals surface area contributed by atoms with Crippen molar-refractivity contribution >= 4 is 41.0 Å². The number of ether oxygens (including phenoxy) is 4. The summed E-state index contributed by atoms with van der Waals surface area (Å²) in [5, 5.41) is 0. The van der Waals surface area contributed by atoms with E-state index in [1.54, 1.807) is 13.8 Å². The number of carbonyl (C=O) groups is 7. The molecule has 0 spiro atoms. The standard InChI is InChI=1S/C21H35NO8.C17H29NO3/c1-17-16-20(25)22(21(17)26)7-5-19(24)4-3-8-27-10-12-29-14-15-30-13-11-28-9-6-18(2)23;1-14-13-16(20)18(17(14)21)12-10-8-6-4-3-5-7-9-11-15(2)19/h17H,3-16H2,1-2H3;14H,3-13H2,1-2H3. The Kier molecular flexibility index (Phi) is 26.0. The molecule has 51 heavy (non-hydrogen) atoms. The number of carbonyl (C=O) groups excluding carboxylic acids is 7. The molecule has 0 bridgehead atoms. The van der Waals surface area contributed by atoms with Crippen molar-refractivity contribution in [2.24, 2.45) is 11.8 Å². The molecule has 2 aliphatic heterocycles. The van der Waals surface area contributed by atoms with E-state index in [4.69, 9.17) is 18.9 Å². The van der Waals surface area contributed by atoms with Gasteiger partial charge in [-0.3, -0.25) is 38.6 Å². The molecule has 2 saturated heterocycles. The number of nitrogens with zero attached hydrogens (tertiary/aromatic N) is 2. The van der Waals surface area contributed by atoms with Crippen LogP contribution in [0.25, 0.3) is 0 Å². The lowest BCUT2D eigenvalue weighted by atomic mass is 10.1. The normalized spacial score (nSPS) is 17.3. The summed E-state index contributed by atoms with van der Waals surface area (Å²) < 4.78 is 21.4. The van der Waals surface area contributed by atoms with E-state index in [9.17, 15) is 33.6 Å². The van der Waals surface area contributed by atoms with E-state index >= 15 is 0 Å². The highest BCUT2D eigenvalue weighted by Gasteiger charge is 2.35. The third-order valence-electron chi connectivity index (χ3n) is 8.67. The summed E-state index contributed by atoms with van der Waals surface area (Å²) in [7, 11) is 0. The lowest BCUT2D eigenvalue weighted by Crippen LogP contribution is -2.32. The largest absolute Gasteiger partial charge is 0.379 e. The first-order valence-electron chi connectivity index (χ1n) is 18.9. The molecular formula is C38H64N2O11. The summed E-state index contributed by atoms with van der Waals surface area (Å²) in [6.07, 6.45) is 11.9. The lowest BCUT2D eigenvalue weighted by Gasteiger charge is -2.13. The zero-order valence-electron chi connectivity index (χ0n) is 31.7. The molecule has 13 heteroatoms. The molecule has 13 nitrogen and oxygen atoms in total. The van der Waals surface area contributed by atoms with Crippen LogP contribution in [0.1, 0.15) is 124 Å². The highest BCUT2D eigenvalue weighted by Crippen LogP contribution is 2.20. The summed E-state index contributed by atoms with van der Waals surface area (Å²) in [6.45, 7) is 11.1. The second-order valence-electron chi connectivity index (χ2n) is 13.6. The Morgan fingerprint density at radius 2 is 0.902 bits per heavy atom. The van der Waals surface area contributed by atoms with Gasteiger partial charge >= 0.3 is 0 Å². The number of ketones is 3. The number of amides is 4. The fourth-order valence-corrected chi connectivity index (χ4v) is 5.58. The van der Waals surface area contributed by atoms with Crippen LogP contribution in [0.5, 0.6) is 0 Å². The summed E-state index contributed by atoms with van der Waals surface area (Å²) in [5.41, 5.74) is 0. The molecule has 2 atom stereocenters. The molecule has 2 heterocycles. The van der Waals surface area contributed by atoms with Crippen LogP contribution in [0.15, 0.2) is 0 Å². The van der Waals surface area contributed by atoms with Gasteiger partial charge in [-0.2, -0.15) is 0 Å². The molecule has 0 aromatic rings. The van der Waals surface area contributed by atoms with Crippen molar-refractivity contribution in [2.45, 2.75) is 124 Å². The second kappa shape index (κ2) is 28.7. The fourth-order valence-electron chi connectivity index (χ4n) is 5.58. The van der Waals surface area contributed by atoms with Gasteiger partial charge in [-0.1, -0.05) is 52.4 Å². The van der Waals surface area contributed by atoms with Crippen molar-refractivity contribution < 1.29 is 52.5 Å². The van der Waals surface area contributed by atoms with Gasteiger partial charge in [0.1, 0.15) is 17.3 Å². The Balaban J connectivity index is 0.000000543. The van der Waals surface area contributed by atoms with Gasteiger partial charge in [-0.15, -0.1) is 0 Å². The zero-order valence-corrected chi connectivity index (χ0v) is 31.7. The fraction of sp³-hybridized carbons (Fsp3) is 0.816. The van der Waals surface area contributed by atoms with E-state index in [1.165, 1.54) is 42.4 Å². The first kappa shape index (κ1) is 46.2. The molecule has 0 aromatic heterocycles. The molecular weight excluding hydrogens is 660 g/mol. The van der Waals surface area contributed by atoms with Crippen molar-refractivity contribution in [1.82, 2.24) is 9.80 Å². The van der Waals surface area contributed by atoms with E-state index < -0.39 is 0 Å². The van der Waals surface area contributed by atoms with Crippen molar-refractivity contribution in [1.29, 1.82) is 0 Å². The molecule has 292 valence electrons. The Bertz CT molecular complexity index is 1080. The maximum absolute atomic E-state index is 11.9. The van der Waals surface area contributed by atoms with Crippen LogP contribution in [0.2, 0.25) is 0 Å². The van der Waals surface area contributed by atoms with E-state index in [0.29, 0.717) is 85.1 Å². The SMILES string of the molecule is CC(=O)CCCCCCCCCCN1C(=O)CC(C)C1=O.CC(=O)CCOCCOCCOCCOCCCC(=O)CCN1C(=O)CC(C)C1=O. The Morgan fingerprint density at radius 3 is 1.35 bits per heavy atom. The van der Waals surface area contributed by atoms with Crippen LogP contribution < -0.4 is 0 Å². The average Bonchev–Trinajstić information content (AvgIpc) is 3.47. The van der Waals surface area contributed by atoms with Crippen LogP contribution in [-0.2, 0) is 52.5 Å². The Hall–Kier alpha value is -2.87. The summed E-state index contributed by atoms with van der Waals surface area (Å²) >= 11 is 0. The summed E-state index contributed by atoms with van der Waals surface area (Å²) in [6, 6.07) is 0. The van der Waals surface area contributed by atoms with E-state index in [-0.39, 0.29) is 72.2 Å². The third-order valence-corrected chi connectivity index (χ3v) is 8.67. The van der Waals surface area contributed by atoms with Gasteiger partial charge < -0.3 is 23.7 Å². The minimum Gasteiger partial charge on any atom is -0.379 e. The topological polar surface area (TPSA) is 163 Å². The average molecular weight is 725 g/mol. The first-order valence-corrected chi connectivity index (χ1v) is 18.9. The summed E-state index contributed by atoms with van der Waals surface area (Å²) in [4.78, 5) is 82.8. The smallest absolute Gasteiger partial charge is 0.232 e. The predicted molar refractivity (Wildman–Crippen MR) is 191 cm³/mol. The van der Waals surface area contributed by atoms with Gasteiger partial charge in [0.15, 0.2) is 0 Å². The molecule has 2 aliphatic rings. The number of imide groups is 2. The number of hydrogen-bond donors (Lipinski definition) is 0. The van der Waals surface area contributed by atoms with E-state index in [2.05, 4.69) is 0 Å². The van der Waals surface area contributed by atoms with Gasteiger partial charge in [-0.25, -0.2) is 0 Å². The third kappa shape index (κ3) is 22.6. The maximum Gasteiger partial charge on any atom is 0.232 e. The van der Waals surface area contributed by atoms with Gasteiger partial charge in [0.05, 0.1) is 46.2 Å². The van der Waals surface area contributed by atoms with Gasteiger partial charge in [0.2, 0.25) is 23.6 Å². The highest BCUT2D eigenvalue weighted by molar-refractivity contribution is 6.04. The number of hydrogen-bond acceptors (Lipinski definition) is 11. The van der Waals surface area contributed by atoms with Gasteiger partial charge in [-0.05, 0) is 33.1 Å². The van der Waals surface area contributed by atoms with Crippen LogP contribution in [-0.4, -0.2) is 117 Å². The van der Waals surface area contributed by atoms with Crippen LogP contribution >= 0.6 is 0 Å². The highest BCUT2D eigenvalue weighted by atomic mass is 16.6. The summed E-state index contributed by atoms with van der Waals surface area (Å²) in [5.74, 6) is -0.330. The first-order chi connectivity index (χ1) is 24.4. The molecule has 0 aliphatic carbocycles. The molecule has 0 radical (unpaired) electrons. The monoisotopic (exact) mass is 724 g/mol. The van der Waals surface area contributed by atoms with Crippen molar-refractivity contribution in [2.75, 3.05) is 65.9 Å². The molecule has 2 rings (SSSR count). The van der Waals surface area contributed by atoms with Gasteiger partial charge in [0.25, 0.3) is 0 Å². The number of unbranched alkanes of at least 4 members (excludes halogenated alkanes) is 7. The lowest BCUT2D eigenvalue weighted by molar-refractivity contribution is -0.141. The number of rotatable bonds is 30. The minimum atomic E-state index is -0.271. The second-order valence-corrected chi connectivity index (χ2v) is 13.6. The van der Waals surface area contributed by atoms with Gasteiger partial charge in [0, 0.05) is 70.1 Å². The van der Waals surface area contributed by atoms with Crippen molar-refractivity contribution in [3.63, 3.8) is 0 Å². The van der Waals surface area contributed by atoms with Crippen LogP contribution in [0.4, 0.5) is 0 Å². The van der Waals surface area contributed by atoms with Crippen LogP contribution in [0, 0.1) is 11.8 Å². The number of likely N-dealkylation sites (tertiary alicyclic amines) is 2. The molecule has 4 amide bonds. The Morgan fingerprint density at radius 1 is 0.490 bits per heavy atom. The molecule has 0 aromatic carbocycles. The quantitative estimate of drug-likeness (QED) is 0.0749. The Labute approximate surface area is 304 Å². The molecule has 2 fully saturated rings. The molecule has 2 unspecified atom stereocenters. The van der Waals surface area contributed by atoms with Crippen molar-refractivity contribution in [3.8, 4) is 0 Å².